The maximum absolute atomic E-state index is 14.2. The van der Waals surface area contributed by atoms with Crippen LogP contribution in [0.3, 0.4) is 0 Å². The largest absolute Gasteiger partial charge is 0.309 e. The minimum atomic E-state index is -0.125. The highest BCUT2D eigenvalue weighted by Crippen LogP contribution is 2.35. The lowest BCUT2D eigenvalue weighted by molar-refractivity contribution is 0.508. The molecule has 0 radical (unpaired) electrons. The van der Waals surface area contributed by atoms with Gasteiger partial charge in [0.1, 0.15) is 5.82 Å². The molecule has 1 aliphatic rings. The van der Waals surface area contributed by atoms with Gasteiger partial charge in [0.25, 0.3) is 0 Å². The van der Waals surface area contributed by atoms with Crippen molar-refractivity contribution in [3.05, 3.63) is 34.1 Å². The average Bonchev–Trinajstić information content (AvgIpc) is 2.41. The summed E-state index contributed by atoms with van der Waals surface area (Å²) in [5.41, 5.74) is 0.784. The Hall–Kier alpha value is 0.290. The molecule has 0 bridgehead atoms. The number of hydrogen-bond donors (Lipinski definition) is 1. The second kappa shape index (κ2) is 7.17. The second-order valence-corrected chi connectivity index (χ2v) is 7.51. The number of halogens is 2. The molecule has 1 heterocycles. The number of nitrogens with one attached hydrogen (secondary N) is 1. The molecule has 0 saturated carbocycles. The van der Waals surface area contributed by atoms with Gasteiger partial charge in [-0.1, -0.05) is 19.1 Å². The molecular weight excluding hydrogens is 333 g/mol. The zero-order chi connectivity index (χ0) is 13.0. The maximum atomic E-state index is 14.2. The van der Waals surface area contributed by atoms with E-state index >= 15 is 0 Å². The predicted octanol–water partition coefficient (Wildman–Crippen LogP) is 4.09. The van der Waals surface area contributed by atoms with Crippen LogP contribution in [0.15, 0.2) is 22.7 Å². The minimum Gasteiger partial charge on any atom is -0.309 e. The van der Waals surface area contributed by atoms with E-state index in [1.807, 2.05) is 35.7 Å². The predicted molar refractivity (Wildman–Crippen MR) is 84.1 cm³/mol. The topological polar surface area (TPSA) is 12.0 Å². The molecule has 2 unspecified atom stereocenters. The van der Waals surface area contributed by atoms with E-state index in [4.69, 9.17) is 0 Å². The van der Waals surface area contributed by atoms with E-state index in [0.29, 0.717) is 9.72 Å². The fraction of sp³-hybridized carbons (Fsp3) is 0.538. The van der Waals surface area contributed by atoms with E-state index in [1.165, 1.54) is 5.75 Å². The Kier molecular flexibility index (Phi) is 5.86. The van der Waals surface area contributed by atoms with Gasteiger partial charge < -0.3 is 5.32 Å². The second-order valence-electron chi connectivity index (χ2n) is 4.16. The van der Waals surface area contributed by atoms with Gasteiger partial charge in [0, 0.05) is 34.1 Å². The van der Waals surface area contributed by atoms with Crippen LogP contribution in [0.4, 0.5) is 4.39 Å². The van der Waals surface area contributed by atoms with Gasteiger partial charge in [-0.2, -0.15) is 23.5 Å². The van der Waals surface area contributed by atoms with Crippen LogP contribution in [0.5, 0.6) is 0 Å². The molecule has 2 atom stereocenters. The monoisotopic (exact) mass is 349 g/mol. The number of rotatable bonds is 4. The van der Waals surface area contributed by atoms with Crippen molar-refractivity contribution in [2.24, 2.45) is 0 Å². The van der Waals surface area contributed by atoms with E-state index in [9.17, 15) is 4.39 Å². The summed E-state index contributed by atoms with van der Waals surface area (Å²) < 4.78 is 14.8. The zero-order valence-electron chi connectivity index (χ0n) is 10.3. The van der Waals surface area contributed by atoms with Gasteiger partial charge in [0.05, 0.1) is 4.47 Å². The Bertz CT molecular complexity index is 397. The standard InChI is InChI=1S/C13H17BrFNS2/c1-2-16-13(11-8-17-6-7-18-11)9-4-3-5-10(14)12(9)15/h3-5,11,13,16H,2,6-8H2,1H3. The molecule has 1 N–H and O–H groups in total. The summed E-state index contributed by atoms with van der Waals surface area (Å²) in [4.78, 5) is 0. The maximum Gasteiger partial charge on any atom is 0.142 e. The van der Waals surface area contributed by atoms with Crippen molar-refractivity contribution in [1.29, 1.82) is 0 Å². The van der Waals surface area contributed by atoms with Gasteiger partial charge in [-0.3, -0.25) is 0 Å². The third-order valence-corrected chi connectivity index (χ3v) is 6.43. The lowest BCUT2D eigenvalue weighted by Crippen LogP contribution is -2.34. The summed E-state index contributed by atoms with van der Waals surface area (Å²) in [6.07, 6.45) is 0. The summed E-state index contributed by atoms with van der Waals surface area (Å²) in [5.74, 6) is 3.34. The number of thioether (sulfide) groups is 2. The molecule has 5 heteroatoms. The Morgan fingerprint density at radius 2 is 2.33 bits per heavy atom. The first kappa shape index (κ1) is 14.7. The molecule has 0 aliphatic carbocycles. The van der Waals surface area contributed by atoms with Crippen LogP contribution in [-0.2, 0) is 0 Å². The highest BCUT2D eigenvalue weighted by molar-refractivity contribution is 9.10. The van der Waals surface area contributed by atoms with Crippen LogP contribution in [-0.4, -0.2) is 29.1 Å². The first-order chi connectivity index (χ1) is 8.74. The molecule has 1 fully saturated rings. The summed E-state index contributed by atoms with van der Waals surface area (Å²) in [6, 6.07) is 5.66. The molecule has 1 aliphatic heterocycles. The van der Waals surface area contributed by atoms with Crippen molar-refractivity contribution in [1.82, 2.24) is 5.32 Å². The summed E-state index contributed by atoms with van der Waals surface area (Å²) in [5, 5.41) is 3.89. The molecule has 1 aromatic rings. The minimum absolute atomic E-state index is 0.102. The van der Waals surface area contributed by atoms with Gasteiger partial charge >= 0.3 is 0 Å². The molecule has 1 nitrogen and oxygen atoms in total. The lowest BCUT2D eigenvalue weighted by atomic mass is 10.0. The van der Waals surface area contributed by atoms with Gasteiger partial charge in [0.15, 0.2) is 0 Å². The SMILES string of the molecule is CCNC(c1cccc(Br)c1F)C1CSCCS1. The van der Waals surface area contributed by atoms with E-state index in [0.717, 1.165) is 23.6 Å². The average molecular weight is 350 g/mol. The fourth-order valence-electron chi connectivity index (χ4n) is 2.12. The fourth-order valence-corrected chi connectivity index (χ4v) is 5.36. The van der Waals surface area contributed by atoms with Gasteiger partial charge in [-0.25, -0.2) is 4.39 Å². The molecule has 2 rings (SSSR count). The molecule has 0 amide bonds. The van der Waals surface area contributed by atoms with E-state index in [2.05, 4.69) is 28.2 Å². The highest BCUT2D eigenvalue weighted by atomic mass is 79.9. The number of benzene rings is 1. The normalized spacial score (nSPS) is 21.8. The van der Waals surface area contributed by atoms with Gasteiger partial charge in [-0.05, 0) is 28.5 Å². The first-order valence-corrected chi connectivity index (χ1v) is 9.10. The summed E-state index contributed by atoms with van der Waals surface area (Å²) in [6.45, 7) is 2.93. The van der Waals surface area contributed by atoms with E-state index in [1.54, 1.807) is 6.07 Å². The van der Waals surface area contributed by atoms with Gasteiger partial charge in [0.2, 0.25) is 0 Å². The third kappa shape index (κ3) is 3.44. The molecule has 1 aromatic carbocycles. The first-order valence-electron chi connectivity index (χ1n) is 6.10. The molecular formula is C13H17BrFNS2. The van der Waals surface area contributed by atoms with Crippen LogP contribution >= 0.6 is 39.5 Å². The molecule has 100 valence electrons. The van der Waals surface area contributed by atoms with Crippen molar-refractivity contribution in [3.63, 3.8) is 0 Å². The van der Waals surface area contributed by atoms with Crippen molar-refractivity contribution >= 4 is 39.5 Å². The van der Waals surface area contributed by atoms with Crippen molar-refractivity contribution in [3.8, 4) is 0 Å². The molecule has 0 spiro atoms. The van der Waals surface area contributed by atoms with Crippen molar-refractivity contribution in [2.75, 3.05) is 23.8 Å². The van der Waals surface area contributed by atoms with Crippen LogP contribution in [0.1, 0.15) is 18.5 Å². The van der Waals surface area contributed by atoms with Crippen molar-refractivity contribution < 1.29 is 4.39 Å². The number of hydrogen-bond acceptors (Lipinski definition) is 3. The van der Waals surface area contributed by atoms with Crippen LogP contribution < -0.4 is 5.32 Å². The van der Waals surface area contributed by atoms with E-state index in [-0.39, 0.29) is 11.9 Å². The summed E-state index contributed by atoms with van der Waals surface area (Å²) >= 11 is 7.20. The Morgan fingerprint density at radius 3 is 3.00 bits per heavy atom. The Balaban J connectivity index is 2.25. The quantitative estimate of drug-likeness (QED) is 0.879. The van der Waals surface area contributed by atoms with Crippen LogP contribution in [0.25, 0.3) is 0 Å². The molecule has 1 saturated heterocycles. The molecule has 18 heavy (non-hydrogen) atoms. The third-order valence-electron chi connectivity index (χ3n) is 2.95. The molecule has 0 aromatic heterocycles. The van der Waals surface area contributed by atoms with Crippen LogP contribution in [0.2, 0.25) is 0 Å². The highest BCUT2D eigenvalue weighted by Gasteiger charge is 2.27. The van der Waals surface area contributed by atoms with Crippen LogP contribution in [0, 0.1) is 5.82 Å². The zero-order valence-corrected chi connectivity index (χ0v) is 13.5. The Morgan fingerprint density at radius 1 is 1.50 bits per heavy atom. The lowest BCUT2D eigenvalue weighted by Gasteiger charge is -2.30. The van der Waals surface area contributed by atoms with Crippen molar-refractivity contribution in [2.45, 2.75) is 18.2 Å². The Labute approximate surface area is 125 Å². The van der Waals surface area contributed by atoms with Gasteiger partial charge in [-0.15, -0.1) is 0 Å². The van der Waals surface area contributed by atoms with E-state index < -0.39 is 0 Å². The summed E-state index contributed by atoms with van der Waals surface area (Å²) in [7, 11) is 0. The smallest absolute Gasteiger partial charge is 0.142 e.